The number of rotatable bonds is 2. The minimum absolute atomic E-state index is 0.215. The van der Waals surface area contributed by atoms with Crippen molar-refractivity contribution in [1.29, 1.82) is 0 Å². The Balaban J connectivity index is 1.69. The molecule has 2 amide bonds. The summed E-state index contributed by atoms with van der Waals surface area (Å²) in [5.41, 5.74) is 1.42. The predicted molar refractivity (Wildman–Crippen MR) is 84.4 cm³/mol. The molecule has 0 radical (unpaired) electrons. The average molecular weight is 382 g/mol. The number of carbonyl (C=O) groups is 1. The van der Waals surface area contributed by atoms with Gasteiger partial charge in [-0.25, -0.2) is 4.79 Å². The van der Waals surface area contributed by atoms with Gasteiger partial charge in [-0.3, -0.25) is 0 Å². The van der Waals surface area contributed by atoms with E-state index in [4.69, 9.17) is 9.47 Å². The van der Waals surface area contributed by atoms with Crippen LogP contribution in [0.4, 0.5) is 16.2 Å². The third-order valence-corrected chi connectivity index (χ3v) is 3.69. The maximum absolute atomic E-state index is 11.9. The van der Waals surface area contributed by atoms with Gasteiger partial charge in [0, 0.05) is 15.3 Å². The first-order valence-electron chi connectivity index (χ1n) is 5.94. The molecule has 0 atom stereocenters. The van der Waals surface area contributed by atoms with Crippen molar-refractivity contribution in [2.45, 2.75) is 0 Å². The van der Waals surface area contributed by atoms with Crippen molar-refractivity contribution in [3.05, 3.63) is 46.0 Å². The Bertz CT molecular complexity index is 661. The zero-order valence-corrected chi connectivity index (χ0v) is 12.5. The van der Waals surface area contributed by atoms with Gasteiger partial charge in [0.1, 0.15) is 0 Å². The lowest BCUT2D eigenvalue weighted by molar-refractivity contribution is 0.174. The van der Waals surface area contributed by atoms with Gasteiger partial charge in [-0.1, -0.05) is 12.1 Å². The predicted octanol–water partition coefficient (Wildman–Crippen LogP) is 3.66. The van der Waals surface area contributed by atoms with Crippen LogP contribution in [0.5, 0.6) is 11.5 Å². The summed E-state index contributed by atoms with van der Waals surface area (Å²) in [5.74, 6) is 1.32. The Morgan fingerprint density at radius 2 is 1.85 bits per heavy atom. The number of urea groups is 1. The van der Waals surface area contributed by atoms with Crippen molar-refractivity contribution in [2.75, 3.05) is 17.4 Å². The van der Waals surface area contributed by atoms with Crippen LogP contribution in [0.25, 0.3) is 0 Å². The third kappa shape index (κ3) is 2.79. The van der Waals surface area contributed by atoms with Gasteiger partial charge in [0.2, 0.25) is 6.79 Å². The van der Waals surface area contributed by atoms with Crippen molar-refractivity contribution in [3.8, 4) is 11.5 Å². The molecular weight excluding hydrogens is 371 g/mol. The molecule has 2 N–H and O–H groups in total. The molecule has 0 bridgehead atoms. The summed E-state index contributed by atoms with van der Waals surface area (Å²) < 4.78 is 11.5. The Kier molecular flexibility index (Phi) is 3.64. The van der Waals surface area contributed by atoms with Crippen LogP contribution in [-0.2, 0) is 0 Å². The van der Waals surface area contributed by atoms with Gasteiger partial charge >= 0.3 is 6.03 Å². The number of ether oxygens (including phenoxy) is 2. The summed E-state index contributed by atoms with van der Waals surface area (Å²) in [6.07, 6.45) is 0. The monoisotopic (exact) mass is 382 g/mol. The van der Waals surface area contributed by atoms with E-state index in [2.05, 4.69) is 33.2 Å². The maximum atomic E-state index is 11.9. The van der Waals surface area contributed by atoms with Crippen LogP contribution >= 0.6 is 22.6 Å². The van der Waals surface area contributed by atoms with Crippen LogP contribution in [0.3, 0.4) is 0 Å². The lowest BCUT2D eigenvalue weighted by Gasteiger charge is -2.09. The van der Waals surface area contributed by atoms with Crippen LogP contribution in [0.15, 0.2) is 42.5 Å². The first kappa shape index (κ1) is 13.0. The number of fused-ring (bicyclic) bond motifs is 1. The zero-order valence-electron chi connectivity index (χ0n) is 10.4. The second-order valence-corrected chi connectivity index (χ2v) is 5.29. The Labute approximate surface area is 129 Å². The minimum atomic E-state index is -0.298. The van der Waals surface area contributed by atoms with Crippen molar-refractivity contribution in [3.63, 3.8) is 0 Å². The second-order valence-electron chi connectivity index (χ2n) is 4.13. The molecule has 0 fully saturated rings. The molecule has 3 rings (SSSR count). The van der Waals surface area contributed by atoms with Crippen LogP contribution in [-0.4, -0.2) is 12.8 Å². The summed E-state index contributed by atoms with van der Waals surface area (Å²) in [5, 5.41) is 5.56. The molecule has 102 valence electrons. The van der Waals surface area contributed by atoms with Gasteiger partial charge in [0.05, 0.1) is 5.69 Å². The Morgan fingerprint density at radius 3 is 2.70 bits per heavy atom. The quantitative estimate of drug-likeness (QED) is 0.780. The summed E-state index contributed by atoms with van der Waals surface area (Å²) in [7, 11) is 0. The van der Waals surface area contributed by atoms with Gasteiger partial charge in [-0.05, 0) is 46.9 Å². The van der Waals surface area contributed by atoms with Crippen LogP contribution in [0, 0.1) is 3.57 Å². The van der Waals surface area contributed by atoms with E-state index in [1.54, 1.807) is 18.2 Å². The topological polar surface area (TPSA) is 59.6 Å². The second kappa shape index (κ2) is 5.58. The molecule has 0 saturated carbocycles. The third-order valence-electron chi connectivity index (χ3n) is 2.75. The van der Waals surface area contributed by atoms with Gasteiger partial charge in [-0.15, -0.1) is 0 Å². The van der Waals surface area contributed by atoms with Crippen LogP contribution in [0.2, 0.25) is 0 Å². The number of carbonyl (C=O) groups excluding carboxylic acids is 1. The number of hydrogen-bond donors (Lipinski definition) is 2. The highest BCUT2D eigenvalue weighted by Gasteiger charge is 2.14. The average Bonchev–Trinajstić information content (AvgIpc) is 2.89. The van der Waals surface area contributed by atoms with E-state index in [1.165, 1.54) is 0 Å². The van der Waals surface area contributed by atoms with Crippen molar-refractivity contribution < 1.29 is 14.3 Å². The molecule has 0 saturated heterocycles. The number of benzene rings is 2. The molecule has 0 spiro atoms. The molecule has 20 heavy (non-hydrogen) atoms. The molecule has 5 nitrogen and oxygen atoms in total. The zero-order chi connectivity index (χ0) is 13.9. The summed E-state index contributed by atoms with van der Waals surface area (Å²) >= 11 is 2.17. The van der Waals surface area contributed by atoms with Gasteiger partial charge in [0.15, 0.2) is 11.5 Å². The first-order chi connectivity index (χ1) is 9.72. The Morgan fingerprint density at radius 1 is 1.05 bits per heavy atom. The minimum Gasteiger partial charge on any atom is -0.454 e. The van der Waals surface area contributed by atoms with Crippen molar-refractivity contribution in [1.82, 2.24) is 0 Å². The van der Waals surface area contributed by atoms with E-state index >= 15 is 0 Å². The van der Waals surface area contributed by atoms with Crippen molar-refractivity contribution >= 4 is 40.0 Å². The van der Waals surface area contributed by atoms with Gasteiger partial charge < -0.3 is 20.1 Å². The van der Waals surface area contributed by atoms with E-state index in [0.29, 0.717) is 17.2 Å². The summed E-state index contributed by atoms with van der Waals surface area (Å²) in [6, 6.07) is 12.5. The Hall–Kier alpha value is -1.96. The van der Waals surface area contributed by atoms with Crippen LogP contribution in [0.1, 0.15) is 0 Å². The number of hydrogen-bond acceptors (Lipinski definition) is 3. The molecule has 0 aromatic heterocycles. The van der Waals surface area contributed by atoms with E-state index in [-0.39, 0.29) is 12.8 Å². The van der Waals surface area contributed by atoms with Crippen LogP contribution < -0.4 is 20.1 Å². The fourth-order valence-electron chi connectivity index (χ4n) is 1.82. The molecular formula is C14H11IN2O3. The normalized spacial score (nSPS) is 12.1. The molecule has 1 heterocycles. The highest BCUT2D eigenvalue weighted by atomic mass is 127. The van der Waals surface area contributed by atoms with Crippen molar-refractivity contribution in [2.24, 2.45) is 0 Å². The van der Waals surface area contributed by atoms with Gasteiger partial charge in [-0.2, -0.15) is 0 Å². The van der Waals surface area contributed by atoms with E-state index in [1.807, 2.05) is 24.3 Å². The van der Waals surface area contributed by atoms with E-state index < -0.39 is 0 Å². The molecule has 2 aromatic carbocycles. The summed E-state index contributed by atoms with van der Waals surface area (Å²) in [6.45, 7) is 0.215. The molecule has 0 unspecified atom stereocenters. The fraction of sp³-hybridized carbons (Fsp3) is 0.0714. The smallest absolute Gasteiger partial charge is 0.323 e. The lowest BCUT2D eigenvalue weighted by Crippen LogP contribution is -2.19. The molecule has 2 aromatic rings. The first-order valence-corrected chi connectivity index (χ1v) is 7.02. The molecule has 6 heteroatoms. The molecule has 1 aliphatic heterocycles. The largest absolute Gasteiger partial charge is 0.454 e. The summed E-state index contributed by atoms with van der Waals surface area (Å²) in [4.78, 5) is 11.9. The number of amides is 2. The standard InChI is InChI=1S/C14H11IN2O3/c15-10-3-1-2-4-11(10)17-14(18)16-9-5-6-12-13(7-9)20-8-19-12/h1-7H,8H2,(H2,16,17,18). The van der Waals surface area contributed by atoms with E-state index in [9.17, 15) is 4.79 Å². The fourth-order valence-corrected chi connectivity index (χ4v) is 2.34. The number of para-hydroxylation sites is 1. The number of anilines is 2. The lowest BCUT2D eigenvalue weighted by atomic mass is 10.3. The molecule has 0 aliphatic carbocycles. The molecule has 1 aliphatic rings. The van der Waals surface area contributed by atoms with Gasteiger partial charge in [0.25, 0.3) is 0 Å². The number of halogens is 1. The highest BCUT2D eigenvalue weighted by molar-refractivity contribution is 14.1. The van der Waals surface area contributed by atoms with E-state index in [0.717, 1.165) is 9.26 Å². The SMILES string of the molecule is O=C(Nc1ccc2c(c1)OCO2)Nc1ccccc1I. The number of nitrogens with one attached hydrogen (secondary N) is 2. The maximum Gasteiger partial charge on any atom is 0.323 e. The highest BCUT2D eigenvalue weighted by Crippen LogP contribution is 2.34.